The predicted octanol–water partition coefficient (Wildman–Crippen LogP) is 2.19. The Labute approximate surface area is 83.1 Å². The van der Waals surface area contributed by atoms with E-state index in [1.165, 1.54) is 0 Å². The van der Waals surface area contributed by atoms with Crippen LogP contribution in [-0.2, 0) is 6.42 Å². The van der Waals surface area contributed by atoms with E-state index in [2.05, 4.69) is 0 Å². The van der Waals surface area contributed by atoms with Crippen LogP contribution in [0.25, 0.3) is 0 Å². The summed E-state index contributed by atoms with van der Waals surface area (Å²) >= 11 is 5.97. The van der Waals surface area contributed by atoms with E-state index in [1.807, 2.05) is 13.0 Å². The maximum atomic E-state index is 8.81. The van der Waals surface area contributed by atoms with Crippen molar-refractivity contribution in [3.8, 4) is 5.75 Å². The van der Waals surface area contributed by atoms with Crippen LogP contribution in [0.15, 0.2) is 12.1 Å². The molecule has 0 bridgehead atoms. The molecule has 72 valence electrons. The van der Waals surface area contributed by atoms with Crippen LogP contribution in [0.4, 0.5) is 0 Å². The Morgan fingerprint density at radius 3 is 2.69 bits per heavy atom. The third-order valence-corrected chi connectivity index (χ3v) is 2.43. The van der Waals surface area contributed by atoms with Crippen molar-refractivity contribution in [2.75, 3.05) is 13.7 Å². The number of hydrogen-bond donors (Lipinski definition) is 1. The quantitative estimate of drug-likeness (QED) is 0.811. The number of rotatable bonds is 3. The van der Waals surface area contributed by atoms with Crippen molar-refractivity contribution in [1.29, 1.82) is 0 Å². The Morgan fingerprint density at radius 1 is 1.46 bits per heavy atom. The molecule has 0 saturated carbocycles. The lowest BCUT2D eigenvalue weighted by Crippen LogP contribution is -1.96. The molecule has 0 atom stereocenters. The van der Waals surface area contributed by atoms with Crippen LogP contribution < -0.4 is 4.74 Å². The summed E-state index contributed by atoms with van der Waals surface area (Å²) in [5.41, 5.74) is 2.04. The van der Waals surface area contributed by atoms with Gasteiger partial charge >= 0.3 is 0 Å². The van der Waals surface area contributed by atoms with Gasteiger partial charge in [-0.3, -0.25) is 0 Å². The Kier molecular flexibility index (Phi) is 3.58. The normalized spacial score (nSPS) is 10.2. The third-order valence-electron chi connectivity index (χ3n) is 2.04. The second-order valence-electron chi connectivity index (χ2n) is 2.87. The van der Waals surface area contributed by atoms with Gasteiger partial charge in [0.2, 0.25) is 0 Å². The molecule has 0 aliphatic rings. The van der Waals surface area contributed by atoms with E-state index >= 15 is 0 Å². The highest BCUT2D eigenvalue weighted by Crippen LogP contribution is 2.26. The molecule has 13 heavy (non-hydrogen) atoms. The fourth-order valence-corrected chi connectivity index (χ4v) is 1.44. The second-order valence-corrected chi connectivity index (χ2v) is 3.27. The Balaban J connectivity index is 3.09. The first kappa shape index (κ1) is 10.4. The number of halogens is 1. The molecule has 0 aliphatic heterocycles. The zero-order valence-corrected chi connectivity index (χ0v) is 8.56. The summed E-state index contributed by atoms with van der Waals surface area (Å²) < 4.78 is 5.07. The van der Waals surface area contributed by atoms with E-state index in [-0.39, 0.29) is 6.61 Å². The van der Waals surface area contributed by atoms with Gasteiger partial charge in [-0.15, -0.1) is 0 Å². The first-order valence-corrected chi connectivity index (χ1v) is 4.50. The van der Waals surface area contributed by atoms with Gasteiger partial charge in [-0.25, -0.2) is 0 Å². The molecule has 3 heteroatoms. The maximum Gasteiger partial charge on any atom is 0.120 e. The van der Waals surface area contributed by atoms with Gasteiger partial charge in [0.1, 0.15) is 5.75 Å². The number of hydrogen-bond acceptors (Lipinski definition) is 2. The molecule has 0 fully saturated rings. The van der Waals surface area contributed by atoms with Gasteiger partial charge in [0.25, 0.3) is 0 Å². The van der Waals surface area contributed by atoms with Crippen LogP contribution in [0, 0.1) is 6.92 Å². The third kappa shape index (κ3) is 2.36. The van der Waals surface area contributed by atoms with Gasteiger partial charge in [-0.2, -0.15) is 0 Å². The van der Waals surface area contributed by atoms with Crippen molar-refractivity contribution >= 4 is 11.6 Å². The topological polar surface area (TPSA) is 29.5 Å². The maximum absolute atomic E-state index is 8.81. The zero-order chi connectivity index (χ0) is 9.84. The summed E-state index contributed by atoms with van der Waals surface area (Å²) in [6, 6.07) is 3.68. The molecule has 0 spiro atoms. The number of aliphatic hydroxyl groups is 1. The molecule has 1 N–H and O–H groups in total. The van der Waals surface area contributed by atoms with E-state index < -0.39 is 0 Å². The van der Waals surface area contributed by atoms with Gasteiger partial charge in [0.15, 0.2) is 0 Å². The first-order chi connectivity index (χ1) is 6.19. The summed E-state index contributed by atoms with van der Waals surface area (Å²) in [6.45, 7) is 2.07. The largest absolute Gasteiger partial charge is 0.497 e. The fraction of sp³-hybridized carbons (Fsp3) is 0.400. The molecule has 0 radical (unpaired) electrons. The fourth-order valence-electron chi connectivity index (χ4n) is 1.21. The van der Waals surface area contributed by atoms with Crippen LogP contribution in [0.2, 0.25) is 5.02 Å². The van der Waals surface area contributed by atoms with Gasteiger partial charge in [0.05, 0.1) is 7.11 Å². The smallest absolute Gasteiger partial charge is 0.120 e. The van der Waals surface area contributed by atoms with Crippen molar-refractivity contribution < 1.29 is 9.84 Å². The Bertz CT molecular complexity index is 297. The van der Waals surface area contributed by atoms with Crippen molar-refractivity contribution in [1.82, 2.24) is 0 Å². The van der Waals surface area contributed by atoms with E-state index in [0.717, 1.165) is 16.9 Å². The van der Waals surface area contributed by atoms with Crippen LogP contribution in [0.1, 0.15) is 11.1 Å². The molecular formula is C10H13ClO2. The molecule has 0 aliphatic carbocycles. The van der Waals surface area contributed by atoms with Crippen LogP contribution in [0.5, 0.6) is 5.75 Å². The molecule has 0 heterocycles. The van der Waals surface area contributed by atoms with Crippen LogP contribution in [-0.4, -0.2) is 18.8 Å². The predicted molar refractivity (Wildman–Crippen MR) is 53.5 cm³/mol. The standard InChI is InChI=1S/C10H13ClO2/c1-7-8(3-4-12)5-9(13-2)6-10(7)11/h5-6,12H,3-4H2,1-2H3. The molecular weight excluding hydrogens is 188 g/mol. The number of benzene rings is 1. The van der Waals surface area contributed by atoms with Crippen LogP contribution in [0.3, 0.4) is 0 Å². The minimum absolute atomic E-state index is 0.129. The number of methoxy groups -OCH3 is 1. The van der Waals surface area contributed by atoms with E-state index in [4.69, 9.17) is 21.4 Å². The lowest BCUT2D eigenvalue weighted by molar-refractivity contribution is 0.299. The summed E-state index contributed by atoms with van der Waals surface area (Å²) in [6.07, 6.45) is 0.614. The lowest BCUT2D eigenvalue weighted by atomic mass is 10.1. The van der Waals surface area contributed by atoms with Gasteiger partial charge in [-0.1, -0.05) is 11.6 Å². The minimum Gasteiger partial charge on any atom is -0.497 e. The molecule has 0 aromatic heterocycles. The minimum atomic E-state index is 0.129. The summed E-state index contributed by atoms with van der Waals surface area (Å²) in [5, 5.41) is 9.50. The van der Waals surface area contributed by atoms with Gasteiger partial charge in [0, 0.05) is 11.6 Å². The summed E-state index contributed by atoms with van der Waals surface area (Å²) in [7, 11) is 1.60. The molecule has 1 rings (SSSR count). The SMILES string of the molecule is COc1cc(Cl)c(C)c(CCO)c1. The molecule has 1 aromatic carbocycles. The molecule has 1 aromatic rings. The van der Waals surface area contributed by atoms with Crippen LogP contribution >= 0.6 is 11.6 Å². The van der Waals surface area contributed by atoms with Crippen molar-refractivity contribution in [3.63, 3.8) is 0 Å². The van der Waals surface area contributed by atoms with Crippen molar-refractivity contribution in [3.05, 3.63) is 28.3 Å². The average Bonchev–Trinajstić information content (AvgIpc) is 2.13. The van der Waals surface area contributed by atoms with E-state index in [1.54, 1.807) is 13.2 Å². The molecule has 0 saturated heterocycles. The summed E-state index contributed by atoms with van der Waals surface area (Å²) in [4.78, 5) is 0. The summed E-state index contributed by atoms with van der Waals surface area (Å²) in [5.74, 6) is 0.735. The van der Waals surface area contributed by atoms with E-state index in [0.29, 0.717) is 11.4 Å². The number of ether oxygens (including phenoxy) is 1. The second kappa shape index (κ2) is 4.49. The highest BCUT2D eigenvalue weighted by Gasteiger charge is 2.05. The molecule has 0 unspecified atom stereocenters. The first-order valence-electron chi connectivity index (χ1n) is 4.13. The molecule has 2 nitrogen and oxygen atoms in total. The Hall–Kier alpha value is -0.730. The molecule has 0 amide bonds. The zero-order valence-electron chi connectivity index (χ0n) is 7.80. The Morgan fingerprint density at radius 2 is 2.15 bits per heavy atom. The van der Waals surface area contributed by atoms with Crippen molar-refractivity contribution in [2.45, 2.75) is 13.3 Å². The lowest BCUT2D eigenvalue weighted by Gasteiger charge is -2.08. The average molecular weight is 201 g/mol. The van der Waals surface area contributed by atoms with Crippen molar-refractivity contribution in [2.24, 2.45) is 0 Å². The highest BCUT2D eigenvalue weighted by molar-refractivity contribution is 6.31. The monoisotopic (exact) mass is 200 g/mol. The van der Waals surface area contributed by atoms with Gasteiger partial charge < -0.3 is 9.84 Å². The van der Waals surface area contributed by atoms with Gasteiger partial charge in [-0.05, 0) is 36.6 Å². The number of aliphatic hydroxyl groups excluding tert-OH is 1. The van der Waals surface area contributed by atoms with E-state index in [9.17, 15) is 0 Å². The highest BCUT2D eigenvalue weighted by atomic mass is 35.5.